The fourth-order valence-corrected chi connectivity index (χ4v) is 1.59. The molecule has 10 nitrogen and oxygen atoms in total. The van der Waals surface area contributed by atoms with E-state index in [9.17, 15) is 19.2 Å². The highest BCUT2D eigenvalue weighted by Gasteiger charge is 2.26. The van der Waals surface area contributed by atoms with Crippen LogP contribution < -0.4 is 16.4 Å². The number of carboxylic acids is 2. The lowest BCUT2D eigenvalue weighted by atomic mass is 10.1. The van der Waals surface area contributed by atoms with E-state index in [-0.39, 0.29) is 18.6 Å². The van der Waals surface area contributed by atoms with E-state index in [4.69, 9.17) is 21.1 Å². The zero-order valence-corrected chi connectivity index (χ0v) is 12.5. The van der Waals surface area contributed by atoms with Gasteiger partial charge in [0.05, 0.1) is 12.6 Å². The Morgan fingerprint density at radius 1 is 1.05 bits per heavy atom. The smallest absolute Gasteiger partial charge is 0.327 e. The molecule has 11 heteroatoms. The maximum absolute atomic E-state index is 11.8. The summed E-state index contributed by atoms with van der Waals surface area (Å²) in [4.78, 5) is 44.6. The molecule has 0 aromatic rings. The number of aliphatic carboxylic acids is 2. The molecule has 3 atom stereocenters. The number of nitrogens with one attached hydrogen (secondary N) is 2. The van der Waals surface area contributed by atoms with Gasteiger partial charge in [0.25, 0.3) is 0 Å². The van der Waals surface area contributed by atoms with Crippen molar-refractivity contribution < 1.29 is 34.5 Å². The van der Waals surface area contributed by atoms with Crippen LogP contribution in [0.3, 0.4) is 0 Å². The number of thiol groups is 1. The van der Waals surface area contributed by atoms with Crippen LogP contribution in [0.1, 0.15) is 12.8 Å². The van der Waals surface area contributed by atoms with Crippen LogP contribution in [-0.4, -0.2) is 69.6 Å². The van der Waals surface area contributed by atoms with Crippen molar-refractivity contribution in [2.45, 2.75) is 31.0 Å². The lowest BCUT2D eigenvalue weighted by Crippen LogP contribution is -2.56. The number of rotatable bonds is 10. The largest absolute Gasteiger partial charge is 0.481 e. The first-order chi connectivity index (χ1) is 10.2. The molecule has 0 rings (SSSR count). The lowest BCUT2D eigenvalue weighted by Gasteiger charge is -2.20. The highest BCUT2D eigenvalue weighted by molar-refractivity contribution is 7.80. The van der Waals surface area contributed by atoms with Crippen LogP contribution in [0.5, 0.6) is 0 Å². The van der Waals surface area contributed by atoms with Crippen LogP contribution in [0.25, 0.3) is 0 Å². The SMILES string of the molecule is NC(CCC(=O)O)C(=O)NC(CO)C(=O)NC(CS)C(=O)O. The second-order valence-corrected chi connectivity index (χ2v) is 4.73. The number of amides is 2. The quantitative estimate of drug-likeness (QED) is 0.208. The van der Waals surface area contributed by atoms with Gasteiger partial charge in [-0.05, 0) is 6.42 Å². The van der Waals surface area contributed by atoms with Gasteiger partial charge in [0.2, 0.25) is 11.8 Å². The number of carbonyl (C=O) groups is 4. The summed E-state index contributed by atoms with van der Waals surface area (Å²) in [5.74, 6) is -4.36. The molecule has 7 N–H and O–H groups in total. The predicted molar refractivity (Wildman–Crippen MR) is 77.3 cm³/mol. The Hall–Kier alpha value is -1.85. The summed E-state index contributed by atoms with van der Waals surface area (Å²) < 4.78 is 0. The molecule has 22 heavy (non-hydrogen) atoms. The van der Waals surface area contributed by atoms with Crippen molar-refractivity contribution in [1.29, 1.82) is 0 Å². The van der Waals surface area contributed by atoms with E-state index in [1.807, 2.05) is 0 Å². The second-order valence-electron chi connectivity index (χ2n) is 4.36. The molecule has 0 fully saturated rings. The zero-order chi connectivity index (χ0) is 17.3. The standard InChI is InChI=1S/C11H19N3O7S/c12-5(1-2-8(16)17)9(18)13-6(3-15)10(19)14-7(4-22)11(20)21/h5-7,15,22H,1-4,12H2,(H,13,18)(H,14,19)(H,16,17)(H,20,21). The summed E-state index contributed by atoms with van der Waals surface area (Å²) in [5.41, 5.74) is 5.45. The Morgan fingerprint density at radius 3 is 2.00 bits per heavy atom. The van der Waals surface area contributed by atoms with Crippen LogP contribution in [0.2, 0.25) is 0 Å². The van der Waals surface area contributed by atoms with Crippen molar-refractivity contribution in [2.24, 2.45) is 5.73 Å². The van der Waals surface area contributed by atoms with Gasteiger partial charge in [0.15, 0.2) is 0 Å². The average Bonchev–Trinajstić information content (AvgIpc) is 2.46. The molecule has 0 aromatic carbocycles. The number of hydrogen-bond donors (Lipinski definition) is 7. The number of carboxylic acid groups (broad SMARTS) is 2. The number of aliphatic hydroxyl groups excluding tert-OH is 1. The second kappa shape index (κ2) is 9.97. The molecule has 0 aromatic heterocycles. The predicted octanol–water partition coefficient (Wildman–Crippen LogP) is -2.85. The normalized spacial score (nSPS) is 14.5. The minimum atomic E-state index is -1.40. The van der Waals surface area contributed by atoms with Gasteiger partial charge in [-0.2, -0.15) is 12.6 Å². The summed E-state index contributed by atoms with van der Waals surface area (Å²) >= 11 is 3.76. The summed E-state index contributed by atoms with van der Waals surface area (Å²) in [6.07, 6.45) is -0.472. The first kappa shape index (κ1) is 20.1. The van der Waals surface area contributed by atoms with E-state index in [1.165, 1.54) is 0 Å². The number of hydrogen-bond acceptors (Lipinski definition) is 7. The van der Waals surface area contributed by atoms with Crippen LogP contribution in [-0.2, 0) is 19.2 Å². The lowest BCUT2D eigenvalue weighted by molar-refractivity contribution is -0.141. The van der Waals surface area contributed by atoms with Crippen molar-refractivity contribution in [1.82, 2.24) is 10.6 Å². The fourth-order valence-electron chi connectivity index (χ4n) is 1.34. The minimum Gasteiger partial charge on any atom is -0.481 e. The maximum Gasteiger partial charge on any atom is 0.327 e. The Bertz CT molecular complexity index is 432. The third-order valence-corrected chi connectivity index (χ3v) is 2.98. The van der Waals surface area contributed by atoms with Crippen molar-refractivity contribution >= 4 is 36.4 Å². The molecule has 3 unspecified atom stereocenters. The molecule has 0 aliphatic carbocycles. The molecule has 0 saturated carbocycles. The van der Waals surface area contributed by atoms with Crippen LogP contribution in [0.15, 0.2) is 0 Å². The highest BCUT2D eigenvalue weighted by atomic mass is 32.1. The maximum atomic E-state index is 11.8. The number of aliphatic hydroxyl groups is 1. The molecular formula is C11H19N3O7S. The number of carbonyl (C=O) groups excluding carboxylic acids is 2. The van der Waals surface area contributed by atoms with E-state index >= 15 is 0 Å². The molecule has 126 valence electrons. The third-order valence-electron chi connectivity index (χ3n) is 2.62. The highest BCUT2D eigenvalue weighted by Crippen LogP contribution is 1.97. The van der Waals surface area contributed by atoms with E-state index in [0.717, 1.165) is 0 Å². The van der Waals surface area contributed by atoms with E-state index in [2.05, 4.69) is 23.3 Å². The van der Waals surface area contributed by atoms with Crippen molar-refractivity contribution in [3.05, 3.63) is 0 Å². The Labute approximate surface area is 131 Å². The van der Waals surface area contributed by atoms with Gasteiger partial charge in [0.1, 0.15) is 12.1 Å². The monoisotopic (exact) mass is 337 g/mol. The van der Waals surface area contributed by atoms with Crippen LogP contribution in [0, 0.1) is 0 Å². The van der Waals surface area contributed by atoms with Gasteiger partial charge in [-0.3, -0.25) is 14.4 Å². The Kier molecular flexibility index (Phi) is 9.13. The first-order valence-electron chi connectivity index (χ1n) is 6.25. The molecule has 0 spiro atoms. The van der Waals surface area contributed by atoms with Crippen LogP contribution >= 0.6 is 12.6 Å². The van der Waals surface area contributed by atoms with Crippen LogP contribution in [0.4, 0.5) is 0 Å². The molecule has 0 saturated heterocycles. The zero-order valence-electron chi connectivity index (χ0n) is 11.6. The summed E-state index contributed by atoms with van der Waals surface area (Å²) in [7, 11) is 0. The molecule has 0 radical (unpaired) electrons. The van der Waals surface area contributed by atoms with E-state index < -0.39 is 48.5 Å². The molecule has 0 bridgehead atoms. The van der Waals surface area contributed by atoms with Crippen molar-refractivity contribution in [2.75, 3.05) is 12.4 Å². The molecule has 0 heterocycles. The summed E-state index contributed by atoms with van der Waals surface area (Å²) in [6, 6.07) is -3.84. The Balaban J connectivity index is 4.57. The van der Waals surface area contributed by atoms with Gasteiger partial charge in [-0.1, -0.05) is 0 Å². The summed E-state index contributed by atoms with van der Waals surface area (Å²) in [6.45, 7) is -0.776. The van der Waals surface area contributed by atoms with Crippen molar-refractivity contribution in [3.8, 4) is 0 Å². The topological polar surface area (TPSA) is 179 Å². The van der Waals surface area contributed by atoms with Gasteiger partial charge in [0, 0.05) is 12.2 Å². The fraction of sp³-hybridized carbons (Fsp3) is 0.636. The van der Waals surface area contributed by atoms with E-state index in [0.29, 0.717) is 0 Å². The third kappa shape index (κ3) is 7.24. The molecule has 2 amide bonds. The summed E-state index contributed by atoms with van der Waals surface area (Å²) in [5, 5.41) is 30.6. The molecular weight excluding hydrogens is 318 g/mol. The molecule has 0 aliphatic rings. The van der Waals surface area contributed by atoms with Crippen molar-refractivity contribution in [3.63, 3.8) is 0 Å². The number of nitrogens with two attached hydrogens (primary N) is 1. The minimum absolute atomic E-state index is 0.144. The molecule has 0 aliphatic heterocycles. The van der Waals surface area contributed by atoms with E-state index in [1.54, 1.807) is 0 Å². The Morgan fingerprint density at radius 2 is 1.59 bits per heavy atom. The van der Waals surface area contributed by atoms with Gasteiger partial charge >= 0.3 is 11.9 Å². The average molecular weight is 337 g/mol. The first-order valence-corrected chi connectivity index (χ1v) is 6.88. The van der Waals surface area contributed by atoms with Gasteiger partial charge in [-0.25, -0.2) is 4.79 Å². The van der Waals surface area contributed by atoms with Gasteiger partial charge < -0.3 is 31.7 Å². The van der Waals surface area contributed by atoms with Gasteiger partial charge in [-0.15, -0.1) is 0 Å².